The molecular weight excluding hydrogens is 497 g/mol. The van der Waals surface area contributed by atoms with E-state index >= 15 is 0 Å². The van der Waals surface area contributed by atoms with E-state index in [0.717, 1.165) is 22.8 Å². The van der Waals surface area contributed by atoms with Crippen molar-refractivity contribution >= 4 is 28.2 Å². The fourth-order valence-electron chi connectivity index (χ4n) is 3.95. The summed E-state index contributed by atoms with van der Waals surface area (Å²) in [5.41, 5.74) is 4.47. The summed E-state index contributed by atoms with van der Waals surface area (Å²) in [6.45, 7) is -0.391. The average Bonchev–Trinajstić information content (AvgIpc) is 2.93. The molecule has 2 aromatic carbocycles. The van der Waals surface area contributed by atoms with Crippen molar-refractivity contribution in [3.05, 3.63) is 60.9 Å². The summed E-state index contributed by atoms with van der Waals surface area (Å²) in [6.07, 6.45) is -0.357. The molecule has 0 saturated carbocycles. The van der Waals surface area contributed by atoms with Crippen molar-refractivity contribution in [3.8, 4) is 22.8 Å². The van der Waals surface area contributed by atoms with Gasteiger partial charge in [-0.25, -0.2) is 9.97 Å². The van der Waals surface area contributed by atoms with E-state index in [9.17, 15) is 13.2 Å². The Hall–Kier alpha value is -4.12. The zero-order chi connectivity index (χ0) is 27.1. The highest BCUT2D eigenvalue weighted by atomic mass is 19.4. The minimum atomic E-state index is -4.25. The zero-order valence-electron chi connectivity index (χ0n) is 21.3. The number of methoxy groups -OCH3 is 2. The molecule has 11 heteroatoms. The average molecular weight is 527 g/mol. The van der Waals surface area contributed by atoms with Crippen LogP contribution in [0.3, 0.4) is 0 Å². The molecule has 0 amide bonds. The molecule has 0 saturated heterocycles. The van der Waals surface area contributed by atoms with Gasteiger partial charge in [0.05, 0.1) is 43.7 Å². The number of hydrogen-bond donors (Lipinski definition) is 2. The second kappa shape index (κ2) is 12.0. The molecule has 0 fully saturated rings. The van der Waals surface area contributed by atoms with Crippen LogP contribution in [0.25, 0.3) is 22.3 Å². The van der Waals surface area contributed by atoms with Gasteiger partial charge in [0.2, 0.25) is 0 Å². The Kier molecular flexibility index (Phi) is 8.47. The molecule has 8 nitrogen and oxygen atoms in total. The van der Waals surface area contributed by atoms with Crippen LogP contribution in [-0.2, 0) is 0 Å². The van der Waals surface area contributed by atoms with Gasteiger partial charge >= 0.3 is 6.18 Å². The summed E-state index contributed by atoms with van der Waals surface area (Å²) in [5.74, 6) is 1.94. The van der Waals surface area contributed by atoms with Crippen LogP contribution in [0.2, 0.25) is 0 Å². The molecule has 200 valence electrons. The molecule has 0 radical (unpaired) electrons. The van der Waals surface area contributed by atoms with E-state index in [1.54, 1.807) is 39.7 Å². The molecule has 2 aromatic heterocycles. The van der Waals surface area contributed by atoms with Gasteiger partial charge in [-0.05, 0) is 43.3 Å². The van der Waals surface area contributed by atoms with Gasteiger partial charge in [-0.15, -0.1) is 0 Å². The number of alkyl halides is 3. The Bertz CT molecular complexity index is 1340. The van der Waals surface area contributed by atoms with E-state index < -0.39 is 12.7 Å². The molecule has 0 aliphatic heterocycles. The molecule has 0 atom stereocenters. The topological polar surface area (TPSA) is 84.4 Å². The molecule has 0 aliphatic carbocycles. The van der Waals surface area contributed by atoms with Gasteiger partial charge in [-0.2, -0.15) is 13.2 Å². The second-order valence-electron chi connectivity index (χ2n) is 8.48. The fraction of sp³-hybridized carbons (Fsp3) is 0.296. The first-order valence-electron chi connectivity index (χ1n) is 12.0. The SMILES string of the molecule is CNc1ccc(-c2cnc3ccc(N(CCCNCC(F)(F)F)c4cc(OC)cc(OC)c4)cc3n2)cn1. The van der Waals surface area contributed by atoms with E-state index in [0.29, 0.717) is 41.2 Å². The zero-order valence-corrected chi connectivity index (χ0v) is 21.3. The summed E-state index contributed by atoms with van der Waals surface area (Å²) >= 11 is 0. The van der Waals surface area contributed by atoms with Gasteiger partial charge < -0.3 is 25.0 Å². The van der Waals surface area contributed by atoms with E-state index in [-0.39, 0.29) is 6.54 Å². The van der Waals surface area contributed by atoms with Crippen molar-refractivity contribution in [2.45, 2.75) is 12.6 Å². The van der Waals surface area contributed by atoms with Crippen LogP contribution in [0.1, 0.15) is 6.42 Å². The van der Waals surface area contributed by atoms with Crippen LogP contribution >= 0.6 is 0 Å². The highest BCUT2D eigenvalue weighted by Gasteiger charge is 2.26. The van der Waals surface area contributed by atoms with Gasteiger partial charge in [0.25, 0.3) is 0 Å². The molecule has 2 N–H and O–H groups in total. The second-order valence-corrected chi connectivity index (χ2v) is 8.48. The van der Waals surface area contributed by atoms with Crippen LogP contribution in [0.5, 0.6) is 11.5 Å². The molecule has 0 unspecified atom stereocenters. The largest absolute Gasteiger partial charge is 0.497 e. The number of benzene rings is 2. The Morgan fingerprint density at radius 1 is 0.868 bits per heavy atom. The molecule has 0 bridgehead atoms. The fourth-order valence-corrected chi connectivity index (χ4v) is 3.95. The van der Waals surface area contributed by atoms with Crippen LogP contribution in [0.4, 0.5) is 30.4 Å². The van der Waals surface area contributed by atoms with Gasteiger partial charge in [0.1, 0.15) is 17.3 Å². The summed E-state index contributed by atoms with van der Waals surface area (Å²) in [6, 6.07) is 14.9. The lowest BCUT2D eigenvalue weighted by atomic mass is 10.1. The maximum atomic E-state index is 12.6. The third kappa shape index (κ3) is 6.80. The van der Waals surface area contributed by atoms with Gasteiger partial charge in [0, 0.05) is 54.9 Å². The summed E-state index contributed by atoms with van der Waals surface area (Å²) in [5, 5.41) is 5.45. The van der Waals surface area contributed by atoms with Gasteiger partial charge in [-0.1, -0.05) is 0 Å². The standard InChI is InChI=1S/C27H29F3N6O2/c1-31-26-8-5-18(15-34-26)25-16-33-23-7-6-19(13-24(23)35-25)36(10-4-9-32-17-27(28,29)30)20-11-21(37-2)14-22(12-20)38-3/h5-8,11-16,32H,4,9-10,17H2,1-3H3,(H,31,34). The predicted octanol–water partition coefficient (Wildman–Crippen LogP) is 5.43. The number of nitrogens with zero attached hydrogens (tertiary/aromatic N) is 4. The summed E-state index contributed by atoms with van der Waals surface area (Å²) < 4.78 is 48.6. The number of nitrogens with one attached hydrogen (secondary N) is 2. The molecule has 0 spiro atoms. The normalized spacial score (nSPS) is 11.4. The lowest BCUT2D eigenvalue weighted by molar-refractivity contribution is -0.124. The highest BCUT2D eigenvalue weighted by Crippen LogP contribution is 2.34. The first kappa shape index (κ1) is 26.9. The van der Waals surface area contributed by atoms with E-state index in [4.69, 9.17) is 14.5 Å². The van der Waals surface area contributed by atoms with Crippen molar-refractivity contribution in [1.29, 1.82) is 0 Å². The van der Waals surface area contributed by atoms with Crippen LogP contribution in [-0.4, -0.2) is 62.0 Å². The molecular formula is C27H29F3N6O2. The Labute approximate surface area is 218 Å². The van der Waals surface area contributed by atoms with Crippen molar-refractivity contribution in [2.75, 3.05) is 51.1 Å². The maximum Gasteiger partial charge on any atom is 0.401 e. The van der Waals surface area contributed by atoms with Crippen LogP contribution in [0.15, 0.2) is 60.9 Å². The minimum absolute atomic E-state index is 0.199. The lowest BCUT2D eigenvalue weighted by Crippen LogP contribution is -2.31. The number of rotatable bonds is 11. The van der Waals surface area contributed by atoms with Gasteiger partial charge in [0.15, 0.2) is 0 Å². The van der Waals surface area contributed by atoms with Gasteiger partial charge in [-0.3, -0.25) is 4.98 Å². The van der Waals surface area contributed by atoms with E-state index in [2.05, 4.69) is 20.6 Å². The van der Waals surface area contributed by atoms with Crippen LogP contribution < -0.4 is 25.0 Å². The van der Waals surface area contributed by atoms with Crippen molar-refractivity contribution < 1.29 is 22.6 Å². The number of halogens is 3. The monoisotopic (exact) mass is 526 g/mol. The molecule has 2 heterocycles. The smallest absolute Gasteiger partial charge is 0.401 e. The number of ether oxygens (including phenoxy) is 2. The Morgan fingerprint density at radius 3 is 2.26 bits per heavy atom. The molecule has 38 heavy (non-hydrogen) atoms. The number of hydrogen-bond acceptors (Lipinski definition) is 8. The number of pyridine rings is 1. The number of aromatic nitrogens is 3. The van der Waals surface area contributed by atoms with E-state index in [1.807, 2.05) is 47.4 Å². The Morgan fingerprint density at radius 2 is 1.63 bits per heavy atom. The maximum absolute atomic E-state index is 12.6. The summed E-state index contributed by atoms with van der Waals surface area (Å²) in [4.78, 5) is 15.7. The number of fused-ring (bicyclic) bond motifs is 1. The van der Waals surface area contributed by atoms with Crippen LogP contribution in [0, 0.1) is 0 Å². The van der Waals surface area contributed by atoms with Crippen molar-refractivity contribution in [1.82, 2.24) is 20.3 Å². The first-order chi connectivity index (χ1) is 18.3. The molecule has 4 rings (SSSR count). The van der Waals surface area contributed by atoms with E-state index in [1.165, 1.54) is 0 Å². The minimum Gasteiger partial charge on any atom is -0.497 e. The predicted molar refractivity (Wildman–Crippen MR) is 142 cm³/mol. The van der Waals surface area contributed by atoms with Crippen molar-refractivity contribution in [2.24, 2.45) is 0 Å². The highest BCUT2D eigenvalue weighted by molar-refractivity contribution is 5.82. The number of anilines is 3. The third-order valence-electron chi connectivity index (χ3n) is 5.86. The lowest BCUT2D eigenvalue weighted by Gasteiger charge is -2.26. The quantitative estimate of drug-likeness (QED) is 0.250. The third-order valence-corrected chi connectivity index (χ3v) is 5.86. The molecule has 4 aromatic rings. The Balaban J connectivity index is 1.67. The summed E-state index contributed by atoms with van der Waals surface area (Å²) in [7, 11) is 4.93. The molecule has 0 aliphatic rings. The van der Waals surface area contributed by atoms with Crippen molar-refractivity contribution in [3.63, 3.8) is 0 Å². The first-order valence-corrected chi connectivity index (χ1v) is 12.0.